The molecule has 1 aromatic carbocycles. The first kappa shape index (κ1) is 15.8. The number of carbonyl (C=O) groups excluding carboxylic acids is 1. The molecule has 1 fully saturated rings. The van der Waals surface area contributed by atoms with Gasteiger partial charge in [0, 0.05) is 16.7 Å². The lowest BCUT2D eigenvalue weighted by Crippen LogP contribution is -2.41. The molecule has 4 heteroatoms. The molecule has 0 aliphatic carbocycles. The van der Waals surface area contributed by atoms with Crippen molar-refractivity contribution in [2.45, 2.75) is 26.7 Å². The molecule has 0 unspecified atom stereocenters. The normalized spacial score (nSPS) is 16.4. The zero-order valence-corrected chi connectivity index (χ0v) is 14.4. The summed E-state index contributed by atoms with van der Waals surface area (Å²) in [7, 11) is 0. The van der Waals surface area contributed by atoms with Crippen molar-refractivity contribution < 1.29 is 4.79 Å². The lowest BCUT2D eigenvalue weighted by molar-refractivity contribution is 0.0689. The number of hydrogen-bond donors (Lipinski definition) is 1. The van der Waals surface area contributed by atoms with Gasteiger partial charge in [-0.3, -0.25) is 4.79 Å². The van der Waals surface area contributed by atoms with Crippen molar-refractivity contribution in [3.05, 3.63) is 32.9 Å². The van der Waals surface area contributed by atoms with E-state index in [1.807, 2.05) is 17.0 Å². The van der Waals surface area contributed by atoms with Crippen molar-refractivity contribution in [2.75, 3.05) is 26.2 Å². The van der Waals surface area contributed by atoms with Crippen molar-refractivity contribution in [2.24, 2.45) is 5.92 Å². The molecule has 0 spiro atoms. The molecule has 0 bridgehead atoms. The van der Waals surface area contributed by atoms with Gasteiger partial charge in [-0.15, -0.1) is 0 Å². The number of likely N-dealkylation sites (tertiary alicyclic amines) is 1. The van der Waals surface area contributed by atoms with E-state index in [0.717, 1.165) is 54.1 Å². The van der Waals surface area contributed by atoms with E-state index in [9.17, 15) is 4.79 Å². The summed E-state index contributed by atoms with van der Waals surface area (Å²) < 4.78 is 1.09. The summed E-state index contributed by atoms with van der Waals surface area (Å²) in [4.78, 5) is 14.6. The molecule has 1 aromatic rings. The van der Waals surface area contributed by atoms with E-state index >= 15 is 0 Å². The number of aryl methyl sites for hydroxylation is 1. The first-order chi connectivity index (χ1) is 9.63. The Kier molecular flexibility index (Phi) is 5.84. The molecule has 2 rings (SSSR count). The number of nitrogens with one attached hydrogen (secondary N) is 1. The van der Waals surface area contributed by atoms with Crippen LogP contribution in [0.15, 0.2) is 18.2 Å². The standard InChI is InChI=1S/C16H23IN2O/c1-3-18-11-13-7-9-19(10-8-13)16(20)14-6-4-5-12(2)15(14)17/h4-6,13,18H,3,7-11H2,1-2H3. The second kappa shape index (κ2) is 7.41. The van der Waals surface area contributed by atoms with E-state index in [-0.39, 0.29) is 5.91 Å². The highest BCUT2D eigenvalue weighted by molar-refractivity contribution is 14.1. The number of benzene rings is 1. The third-order valence-corrected chi connectivity index (χ3v) is 5.44. The highest BCUT2D eigenvalue weighted by Crippen LogP contribution is 2.22. The van der Waals surface area contributed by atoms with E-state index in [1.165, 1.54) is 5.56 Å². The Balaban J connectivity index is 1.96. The molecule has 0 aromatic heterocycles. The second-order valence-electron chi connectivity index (χ2n) is 5.48. The third-order valence-electron chi connectivity index (χ3n) is 4.01. The summed E-state index contributed by atoms with van der Waals surface area (Å²) in [6, 6.07) is 5.98. The van der Waals surface area contributed by atoms with Gasteiger partial charge in [0.15, 0.2) is 0 Å². The van der Waals surface area contributed by atoms with Crippen LogP contribution in [-0.4, -0.2) is 37.0 Å². The Bertz CT molecular complexity index is 468. The van der Waals surface area contributed by atoms with Gasteiger partial charge < -0.3 is 10.2 Å². The zero-order chi connectivity index (χ0) is 14.5. The minimum Gasteiger partial charge on any atom is -0.339 e. The van der Waals surface area contributed by atoms with Crippen LogP contribution >= 0.6 is 22.6 Å². The first-order valence-corrected chi connectivity index (χ1v) is 8.46. The van der Waals surface area contributed by atoms with Crippen LogP contribution in [0, 0.1) is 16.4 Å². The number of hydrogen-bond acceptors (Lipinski definition) is 2. The zero-order valence-electron chi connectivity index (χ0n) is 12.3. The highest BCUT2D eigenvalue weighted by Gasteiger charge is 2.24. The molecule has 110 valence electrons. The van der Waals surface area contributed by atoms with Gasteiger partial charge in [0.05, 0.1) is 5.56 Å². The maximum atomic E-state index is 12.6. The summed E-state index contributed by atoms with van der Waals surface area (Å²) in [5, 5.41) is 3.41. The van der Waals surface area contributed by atoms with E-state index in [2.05, 4.69) is 47.8 Å². The molecular formula is C16H23IN2O. The largest absolute Gasteiger partial charge is 0.339 e. The molecule has 1 heterocycles. The predicted octanol–water partition coefficient (Wildman–Crippen LogP) is 3.06. The van der Waals surface area contributed by atoms with Crippen molar-refractivity contribution in [3.63, 3.8) is 0 Å². The number of nitrogens with zero attached hydrogens (tertiary/aromatic N) is 1. The Labute approximate surface area is 135 Å². The average Bonchev–Trinajstić information content (AvgIpc) is 2.48. The van der Waals surface area contributed by atoms with Gasteiger partial charge in [0.25, 0.3) is 5.91 Å². The number of halogens is 1. The highest BCUT2D eigenvalue weighted by atomic mass is 127. The molecular weight excluding hydrogens is 363 g/mol. The van der Waals surface area contributed by atoms with Gasteiger partial charge in [-0.1, -0.05) is 19.1 Å². The minimum atomic E-state index is 0.194. The van der Waals surface area contributed by atoms with E-state index in [0.29, 0.717) is 0 Å². The van der Waals surface area contributed by atoms with Gasteiger partial charge in [-0.2, -0.15) is 0 Å². The summed E-state index contributed by atoms with van der Waals surface area (Å²) in [6.45, 7) is 8.08. The second-order valence-corrected chi connectivity index (χ2v) is 6.56. The Morgan fingerprint density at radius 1 is 1.40 bits per heavy atom. The van der Waals surface area contributed by atoms with Gasteiger partial charge in [-0.05, 0) is 73.0 Å². The SMILES string of the molecule is CCNCC1CCN(C(=O)c2cccc(C)c2I)CC1. The fourth-order valence-electron chi connectivity index (χ4n) is 2.67. The monoisotopic (exact) mass is 386 g/mol. The van der Waals surface area contributed by atoms with E-state index < -0.39 is 0 Å². The average molecular weight is 386 g/mol. The fraction of sp³-hybridized carbons (Fsp3) is 0.562. The number of carbonyl (C=O) groups is 1. The van der Waals surface area contributed by atoms with Crippen LogP contribution < -0.4 is 5.32 Å². The number of amides is 1. The quantitative estimate of drug-likeness (QED) is 0.807. The van der Waals surface area contributed by atoms with Crippen molar-refractivity contribution in [1.29, 1.82) is 0 Å². The maximum Gasteiger partial charge on any atom is 0.254 e. The molecule has 1 N–H and O–H groups in total. The van der Waals surface area contributed by atoms with Crippen LogP contribution in [0.2, 0.25) is 0 Å². The maximum absolute atomic E-state index is 12.6. The lowest BCUT2D eigenvalue weighted by atomic mass is 9.96. The minimum absolute atomic E-state index is 0.194. The number of piperidine rings is 1. The van der Waals surface area contributed by atoms with Crippen LogP contribution in [-0.2, 0) is 0 Å². The number of rotatable bonds is 4. The molecule has 1 saturated heterocycles. The van der Waals surface area contributed by atoms with Crippen molar-refractivity contribution >= 4 is 28.5 Å². The van der Waals surface area contributed by atoms with Crippen LogP contribution in [0.3, 0.4) is 0 Å². The summed E-state index contributed by atoms with van der Waals surface area (Å²) in [5.74, 6) is 0.913. The van der Waals surface area contributed by atoms with Crippen molar-refractivity contribution in [3.8, 4) is 0 Å². The van der Waals surface area contributed by atoms with Crippen LogP contribution in [0.5, 0.6) is 0 Å². The van der Waals surface area contributed by atoms with Crippen LogP contribution in [0.4, 0.5) is 0 Å². The fourth-order valence-corrected chi connectivity index (χ4v) is 3.26. The van der Waals surface area contributed by atoms with Crippen LogP contribution in [0.25, 0.3) is 0 Å². The Hall–Kier alpha value is -0.620. The molecule has 0 atom stereocenters. The molecule has 20 heavy (non-hydrogen) atoms. The van der Waals surface area contributed by atoms with E-state index in [4.69, 9.17) is 0 Å². The van der Waals surface area contributed by atoms with Gasteiger partial charge in [-0.25, -0.2) is 0 Å². The third kappa shape index (κ3) is 3.73. The van der Waals surface area contributed by atoms with Crippen LogP contribution in [0.1, 0.15) is 35.7 Å². The summed E-state index contributed by atoms with van der Waals surface area (Å²) >= 11 is 2.28. The first-order valence-electron chi connectivity index (χ1n) is 7.38. The van der Waals surface area contributed by atoms with Gasteiger partial charge in [0.2, 0.25) is 0 Å². The molecule has 0 radical (unpaired) electrons. The van der Waals surface area contributed by atoms with Crippen molar-refractivity contribution in [1.82, 2.24) is 10.2 Å². The topological polar surface area (TPSA) is 32.3 Å². The lowest BCUT2D eigenvalue weighted by Gasteiger charge is -2.32. The smallest absolute Gasteiger partial charge is 0.254 e. The van der Waals surface area contributed by atoms with E-state index in [1.54, 1.807) is 0 Å². The Morgan fingerprint density at radius 3 is 2.75 bits per heavy atom. The molecule has 1 amide bonds. The molecule has 3 nitrogen and oxygen atoms in total. The van der Waals surface area contributed by atoms with Gasteiger partial charge >= 0.3 is 0 Å². The molecule has 1 aliphatic heterocycles. The predicted molar refractivity (Wildman–Crippen MR) is 91.1 cm³/mol. The summed E-state index contributed by atoms with van der Waals surface area (Å²) in [6.07, 6.45) is 2.22. The Morgan fingerprint density at radius 2 is 2.10 bits per heavy atom. The molecule has 1 aliphatic rings. The van der Waals surface area contributed by atoms with Gasteiger partial charge in [0.1, 0.15) is 0 Å². The molecule has 0 saturated carbocycles. The summed E-state index contributed by atoms with van der Waals surface area (Å²) in [5.41, 5.74) is 2.04.